The van der Waals surface area contributed by atoms with Crippen molar-refractivity contribution in [2.45, 2.75) is 6.42 Å². The summed E-state index contributed by atoms with van der Waals surface area (Å²) in [5.41, 5.74) is 0.915. The number of carbonyl (C=O) groups is 1. The smallest absolute Gasteiger partial charge is 0.226 e. The van der Waals surface area contributed by atoms with Gasteiger partial charge in [-0.15, -0.1) is 0 Å². The molecule has 0 saturated carbocycles. The molecule has 0 aliphatic rings. The molecule has 0 aliphatic heterocycles. The van der Waals surface area contributed by atoms with Crippen molar-refractivity contribution in [3.63, 3.8) is 0 Å². The van der Waals surface area contributed by atoms with Gasteiger partial charge in [0.25, 0.3) is 0 Å². The zero-order chi connectivity index (χ0) is 16.7. The van der Waals surface area contributed by atoms with E-state index in [1.54, 1.807) is 37.3 Å². The molecule has 0 radical (unpaired) electrons. The van der Waals surface area contributed by atoms with Crippen molar-refractivity contribution in [1.82, 2.24) is 4.90 Å². The molecule has 0 atom stereocenters. The van der Waals surface area contributed by atoms with Crippen LogP contribution in [0.2, 0.25) is 0 Å². The van der Waals surface area contributed by atoms with E-state index in [0.29, 0.717) is 13.0 Å². The molecular formula is C18H20FNO3. The van der Waals surface area contributed by atoms with Crippen LogP contribution in [0.5, 0.6) is 11.5 Å². The number of hydrogen-bond acceptors (Lipinski definition) is 3. The summed E-state index contributed by atoms with van der Waals surface area (Å²) in [5.74, 6) is 0.531. The molecule has 0 spiro atoms. The third kappa shape index (κ3) is 4.98. The van der Waals surface area contributed by atoms with E-state index in [9.17, 15) is 9.18 Å². The van der Waals surface area contributed by atoms with Crippen LogP contribution in [0.4, 0.5) is 4.39 Å². The topological polar surface area (TPSA) is 38.8 Å². The third-order valence-corrected chi connectivity index (χ3v) is 3.46. The fraction of sp³-hybridized carbons (Fsp3) is 0.278. The van der Waals surface area contributed by atoms with Gasteiger partial charge >= 0.3 is 0 Å². The number of benzene rings is 2. The number of amides is 1. The van der Waals surface area contributed by atoms with Gasteiger partial charge in [-0.2, -0.15) is 0 Å². The van der Waals surface area contributed by atoms with Gasteiger partial charge in [-0.3, -0.25) is 4.79 Å². The summed E-state index contributed by atoms with van der Waals surface area (Å²) >= 11 is 0. The monoisotopic (exact) mass is 317 g/mol. The first-order valence-electron chi connectivity index (χ1n) is 7.34. The molecule has 2 aromatic rings. The molecule has 0 heterocycles. The van der Waals surface area contributed by atoms with E-state index in [1.165, 1.54) is 6.07 Å². The summed E-state index contributed by atoms with van der Waals surface area (Å²) in [6.07, 6.45) is 0.306. The summed E-state index contributed by atoms with van der Waals surface area (Å²) in [5, 5.41) is 0. The normalized spacial score (nSPS) is 10.2. The zero-order valence-electron chi connectivity index (χ0n) is 13.3. The summed E-state index contributed by atoms with van der Waals surface area (Å²) in [6.45, 7) is 0.634. The van der Waals surface area contributed by atoms with E-state index in [4.69, 9.17) is 9.47 Å². The van der Waals surface area contributed by atoms with Crippen molar-refractivity contribution in [1.29, 1.82) is 0 Å². The molecule has 2 aromatic carbocycles. The van der Waals surface area contributed by atoms with Crippen molar-refractivity contribution >= 4 is 5.91 Å². The highest BCUT2D eigenvalue weighted by atomic mass is 19.1. The van der Waals surface area contributed by atoms with Crippen LogP contribution in [0, 0.1) is 5.82 Å². The Morgan fingerprint density at radius 2 is 1.83 bits per heavy atom. The molecular weight excluding hydrogens is 297 g/mol. The van der Waals surface area contributed by atoms with Crippen molar-refractivity contribution < 1.29 is 18.7 Å². The van der Waals surface area contributed by atoms with E-state index in [0.717, 1.165) is 11.3 Å². The third-order valence-electron chi connectivity index (χ3n) is 3.46. The van der Waals surface area contributed by atoms with E-state index in [-0.39, 0.29) is 18.3 Å². The van der Waals surface area contributed by atoms with Crippen LogP contribution in [0.1, 0.15) is 5.56 Å². The highest BCUT2D eigenvalue weighted by Crippen LogP contribution is 2.15. The lowest BCUT2D eigenvalue weighted by molar-refractivity contribution is -0.129. The maximum absolute atomic E-state index is 13.4. The minimum Gasteiger partial charge on any atom is -0.497 e. The molecule has 0 aromatic heterocycles. The van der Waals surface area contributed by atoms with Gasteiger partial charge in [-0.1, -0.05) is 24.3 Å². The van der Waals surface area contributed by atoms with E-state index in [2.05, 4.69) is 0 Å². The van der Waals surface area contributed by atoms with Gasteiger partial charge in [0.05, 0.1) is 20.1 Å². The molecule has 0 bridgehead atoms. The van der Waals surface area contributed by atoms with Gasteiger partial charge in [-0.25, -0.2) is 4.39 Å². The number of ether oxygens (including phenoxy) is 2. The fourth-order valence-corrected chi connectivity index (χ4v) is 2.03. The summed E-state index contributed by atoms with van der Waals surface area (Å²) in [4.78, 5) is 13.7. The number of halogens is 1. The SMILES string of the molecule is COc1ccc(CC(=O)N(C)CCOc2ccccc2F)cc1. The van der Waals surface area contributed by atoms with Crippen LogP contribution in [0.25, 0.3) is 0 Å². The second kappa shape index (κ2) is 8.17. The van der Waals surface area contributed by atoms with Crippen LogP contribution in [-0.2, 0) is 11.2 Å². The molecule has 122 valence electrons. The Kier molecular flexibility index (Phi) is 5.97. The Morgan fingerprint density at radius 3 is 2.48 bits per heavy atom. The number of para-hydroxylation sites is 1. The lowest BCUT2D eigenvalue weighted by atomic mass is 10.1. The molecule has 0 saturated heterocycles. The average Bonchev–Trinajstić information content (AvgIpc) is 2.57. The Balaban J connectivity index is 1.79. The predicted molar refractivity (Wildman–Crippen MR) is 86.2 cm³/mol. The lowest BCUT2D eigenvalue weighted by Gasteiger charge is -2.17. The highest BCUT2D eigenvalue weighted by molar-refractivity contribution is 5.78. The van der Waals surface area contributed by atoms with E-state index >= 15 is 0 Å². The first kappa shape index (κ1) is 16.8. The van der Waals surface area contributed by atoms with Gasteiger partial charge < -0.3 is 14.4 Å². The van der Waals surface area contributed by atoms with Crippen LogP contribution < -0.4 is 9.47 Å². The predicted octanol–water partition coefficient (Wildman–Crippen LogP) is 2.91. The molecule has 0 aliphatic carbocycles. The van der Waals surface area contributed by atoms with Gasteiger partial charge in [0.15, 0.2) is 11.6 Å². The minimum atomic E-state index is -0.403. The van der Waals surface area contributed by atoms with Crippen molar-refractivity contribution in [3.8, 4) is 11.5 Å². The van der Waals surface area contributed by atoms with Gasteiger partial charge in [0, 0.05) is 7.05 Å². The number of rotatable bonds is 7. The van der Waals surface area contributed by atoms with Crippen molar-refractivity contribution in [2.75, 3.05) is 27.3 Å². The molecule has 0 fully saturated rings. The van der Waals surface area contributed by atoms with Crippen LogP contribution in [-0.4, -0.2) is 38.1 Å². The van der Waals surface area contributed by atoms with Crippen LogP contribution >= 0.6 is 0 Å². The standard InChI is InChI=1S/C18H20FNO3/c1-20(11-12-23-17-6-4-3-5-16(17)19)18(21)13-14-7-9-15(22-2)10-8-14/h3-10H,11-13H2,1-2H3. The number of methoxy groups -OCH3 is 1. The average molecular weight is 317 g/mol. The largest absolute Gasteiger partial charge is 0.497 e. The Bertz CT molecular complexity index is 643. The molecule has 1 amide bonds. The van der Waals surface area contributed by atoms with Gasteiger partial charge in [0.2, 0.25) is 5.91 Å². The van der Waals surface area contributed by atoms with Crippen molar-refractivity contribution in [2.24, 2.45) is 0 Å². The molecule has 5 heteroatoms. The quantitative estimate of drug-likeness (QED) is 0.788. The Morgan fingerprint density at radius 1 is 1.13 bits per heavy atom. The lowest BCUT2D eigenvalue weighted by Crippen LogP contribution is -2.32. The van der Waals surface area contributed by atoms with Crippen LogP contribution in [0.3, 0.4) is 0 Å². The van der Waals surface area contributed by atoms with E-state index < -0.39 is 5.82 Å². The maximum Gasteiger partial charge on any atom is 0.226 e. The first-order valence-corrected chi connectivity index (χ1v) is 7.34. The summed E-state index contributed by atoms with van der Waals surface area (Å²) in [7, 11) is 3.31. The Hall–Kier alpha value is -2.56. The molecule has 0 unspecified atom stereocenters. The van der Waals surface area contributed by atoms with Gasteiger partial charge in [-0.05, 0) is 29.8 Å². The number of nitrogens with zero attached hydrogens (tertiary/aromatic N) is 1. The number of carbonyl (C=O) groups excluding carboxylic acids is 1. The van der Waals surface area contributed by atoms with Crippen molar-refractivity contribution in [3.05, 3.63) is 59.9 Å². The number of likely N-dealkylation sites (N-methyl/N-ethyl adjacent to an activating group) is 1. The Labute approximate surface area is 135 Å². The van der Waals surface area contributed by atoms with Gasteiger partial charge in [0.1, 0.15) is 12.4 Å². The second-order valence-corrected chi connectivity index (χ2v) is 5.12. The summed E-state index contributed by atoms with van der Waals surface area (Å²) in [6, 6.07) is 13.6. The first-order chi connectivity index (χ1) is 11.1. The number of hydrogen-bond donors (Lipinski definition) is 0. The van der Waals surface area contributed by atoms with Crippen LogP contribution in [0.15, 0.2) is 48.5 Å². The molecule has 2 rings (SSSR count). The fourth-order valence-electron chi connectivity index (χ4n) is 2.03. The minimum absolute atomic E-state index is 0.0210. The maximum atomic E-state index is 13.4. The highest BCUT2D eigenvalue weighted by Gasteiger charge is 2.10. The molecule has 23 heavy (non-hydrogen) atoms. The summed E-state index contributed by atoms with van der Waals surface area (Å²) < 4.78 is 23.8. The second-order valence-electron chi connectivity index (χ2n) is 5.12. The zero-order valence-corrected chi connectivity index (χ0v) is 13.3. The molecule has 0 N–H and O–H groups in total. The molecule has 4 nitrogen and oxygen atoms in total. The van der Waals surface area contributed by atoms with E-state index in [1.807, 2.05) is 24.3 Å².